The number of amides is 1. The molecule has 3 aliphatic rings. The zero-order chi connectivity index (χ0) is 24.8. The van der Waals surface area contributed by atoms with E-state index in [-0.39, 0.29) is 18.0 Å². The summed E-state index contributed by atoms with van der Waals surface area (Å²) < 4.78 is 14.7. The maximum atomic E-state index is 13.5. The van der Waals surface area contributed by atoms with Crippen molar-refractivity contribution < 1.29 is 9.36 Å². The van der Waals surface area contributed by atoms with Crippen LogP contribution in [0.1, 0.15) is 70.1 Å². The Hall–Kier alpha value is -3.17. The Morgan fingerprint density at radius 3 is 2.44 bits per heavy atom. The van der Waals surface area contributed by atoms with Crippen LogP contribution in [0, 0.1) is 0 Å². The minimum absolute atomic E-state index is 0.0177. The van der Waals surface area contributed by atoms with Crippen molar-refractivity contribution in [1.82, 2.24) is 14.5 Å². The summed E-state index contributed by atoms with van der Waals surface area (Å²) in [5, 5.41) is 0. The van der Waals surface area contributed by atoms with Crippen molar-refractivity contribution in [3.63, 3.8) is 0 Å². The van der Waals surface area contributed by atoms with E-state index in [2.05, 4.69) is 59.2 Å². The molecule has 5 nitrogen and oxygen atoms in total. The van der Waals surface area contributed by atoms with Crippen LogP contribution in [0.25, 0.3) is 22.2 Å². The molecular formula is C30H30N3O2P. The lowest BCUT2D eigenvalue weighted by atomic mass is 9.91. The first-order valence-electron chi connectivity index (χ1n) is 12.8. The molecule has 0 N–H and O–H groups in total. The van der Waals surface area contributed by atoms with Crippen LogP contribution < -0.4 is 0 Å². The molecule has 3 heterocycles. The number of rotatable bonds is 4. The van der Waals surface area contributed by atoms with Crippen molar-refractivity contribution in [2.24, 2.45) is 0 Å². The van der Waals surface area contributed by atoms with Gasteiger partial charge in [-0.05, 0) is 78.1 Å². The van der Waals surface area contributed by atoms with Gasteiger partial charge < -0.3 is 14.0 Å². The van der Waals surface area contributed by atoms with E-state index in [9.17, 15) is 9.36 Å². The first-order valence-corrected chi connectivity index (χ1v) is 15.6. The fourth-order valence-electron chi connectivity index (χ4n) is 6.32. The van der Waals surface area contributed by atoms with Crippen molar-refractivity contribution in [2.45, 2.75) is 43.4 Å². The molecule has 1 aromatic heterocycles. The van der Waals surface area contributed by atoms with Gasteiger partial charge in [-0.2, -0.15) is 0 Å². The number of carbonyl (C=O) groups excluding carboxylic acids is 1. The van der Waals surface area contributed by atoms with E-state index in [1.807, 2.05) is 31.3 Å². The highest BCUT2D eigenvalue weighted by Gasteiger charge is 2.45. The van der Waals surface area contributed by atoms with Gasteiger partial charge in [0.05, 0.1) is 30.3 Å². The number of benzene rings is 3. The molecule has 3 aromatic carbocycles. The fraction of sp³-hybridized carbons (Fsp3) is 0.333. The number of aromatic nitrogens is 2. The van der Waals surface area contributed by atoms with Crippen molar-refractivity contribution >= 4 is 24.1 Å². The molecule has 36 heavy (non-hydrogen) atoms. The van der Waals surface area contributed by atoms with Gasteiger partial charge in [-0.15, -0.1) is 0 Å². The topological polar surface area (TPSA) is 55.2 Å². The average Bonchev–Trinajstić information content (AvgIpc) is 3.56. The highest BCUT2D eigenvalue weighted by molar-refractivity contribution is 7.61. The predicted octanol–water partition coefficient (Wildman–Crippen LogP) is 6.82. The van der Waals surface area contributed by atoms with Crippen molar-refractivity contribution in [1.29, 1.82) is 0 Å². The summed E-state index contributed by atoms with van der Waals surface area (Å²) in [6.45, 7) is 3.68. The molecule has 0 saturated heterocycles. The highest BCUT2D eigenvalue weighted by Crippen LogP contribution is 2.52. The van der Waals surface area contributed by atoms with E-state index in [0.29, 0.717) is 12.1 Å². The van der Waals surface area contributed by atoms with Crippen LogP contribution in [0.2, 0.25) is 0 Å². The average molecular weight is 496 g/mol. The number of nitrogens with zero attached hydrogens (tertiary/aromatic N) is 3. The molecule has 182 valence electrons. The van der Waals surface area contributed by atoms with Gasteiger partial charge in [0.1, 0.15) is 5.82 Å². The van der Waals surface area contributed by atoms with E-state index in [0.717, 1.165) is 45.5 Å². The zero-order valence-electron chi connectivity index (χ0n) is 20.9. The van der Waals surface area contributed by atoms with E-state index < -0.39 is 7.14 Å². The summed E-state index contributed by atoms with van der Waals surface area (Å²) in [7, 11) is -0.178. The number of carbonyl (C=O) groups is 1. The molecule has 7 rings (SSSR count). The largest absolute Gasteiger partial charge is 0.331 e. The summed E-state index contributed by atoms with van der Waals surface area (Å²) in [6, 6.07) is 21.3. The van der Waals surface area contributed by atoms with Gasteiger partial charge in [-0.3, -0.25) is 4.79 Å². The van der Waals surface area contributed by atoms with Gasteiger partial charge >= 0.3 is 0 Å². The second-order valence-electron chi connectivity index (χ2n) is 11.2. The molecule has 2 bridgehead atoms. The van der Waals surface area contributed by atoms with Gasteiger partial charge in [0.2, 0.25) is 0 Å². The van der Waals surface area contributed by atoms with Crippen LogP contribution in [0.5, 0.6) is 0 Å². The SMILES string of the molecule is CN1C(=O)c2cccc(C3CC3)c2[C@H]2C[C@@H]1c1nc3ccc(-c4ccc(CP(C)(C)=O)cc4)cc3n12. The van der Waals surface area contributed by atoms with Crippen molar-refractivity contribution in [2.75, 3.05) is 20.4 Å². The summed E-state index contributed by atoms with van der Waals surface area (Å²) in [6.07, 6.45) is 3.92. The molecule has 0 radical (unpaired) electrons. The molecular weight excluding hydrogens is 465 g/mol. The third-order valence-electron chi connectivity index (χ3n) is 8.13. The lowest BCUT2D eigenvalue weighted by Gasteiger charge is -2.25. The van der Waals surface area contributed by atoms with Gasteiger partial charge in [-0.1, -0.05) is 42.5 Å². The van der Waals surface area contributed by atoms with Crippen LogP contribution in [0.3, 0.4) is 0 Å². The molecule has 6 heteroatoms. The van der Waals surface area contributed by atoms with Crippen LogP contribution in [-0.4, -0.2) is 40.7 Å². The Bertz CT molecular complexity index is 1590. The lowest BCUT2D eigenvalue weighted by molar-refractivity contribution is 0.0734. The first kappa shape index (κ1) is 22.1. The van der Waals surface area contributed by atoms with E-state index in [1.165, 1.54) is 24.0 Å². The molecule has 2 atom stereocenters. The molecule has 0 unspecified atom stereocenters. The van der Waals surface area contributed by atoms with Crippen LogP contribution in [-0.2, 0) is 10.7 Å². The zero-order valence-corrected chi connectivity index (χ0v) is 21.8. The van der Waals surface area contributed by atoms with E-state index in [4.69, 9.17) is 4.98 Å². The first-order chi connectivity index (χ1) is 17.3. The molecule has 2 aliphatic heterocycles. The molecule has 1 aliphatic carbocycles. The Kier molecular flexibility index (Phi) is 4.70. The normalized spacial score (nSPS) is 21.0. The number of imidazole rings is 1. The van der Waals surface area contributed by atoms with E-state index in [1.54, 1.807) is 0 Å². The van der Waals surface area contributed by atoms with Gasteiger partial charge in [-0.25, -0.2) is 4.98 Å². The molecule has 1 saturated carbocycles. The summed E-state index contributed by atoms with van der Waals surface area (Å²) in [5.41, 5.74) is 8.94. The van der Waals surface area contributed by atoms with E-state index >= 15 is 0 Å². The van der Waals surface area contributed by atoms with Crippen molar-refractivity contribution in [3.05, 3.63) is 88.7 Å². The quantitative estimate of drug-likeness (QED) is 0.292. The smallest absolute Gasteiger partial charge is 0.254 e. The third kappa shape index (κ3) is 3.40. The minimum Gasteiger partial charge on any atom is -0.331 e. The van der Waals surface area contributed by atoms with Crippen LogP contribution in [0.4, 0.5) is 0 Å². The number of fused-ring (bicyclic) bond motifs is 9. The van der Waals surface area contributed by atoms with Crippen LogP contribution >= 0.6 is 7.14 Å². The van der Waals surface area contributed by atoms with Crippen molar-refractivity contribution in [3.8, 4) is 11.1 Å². The highest BCUT2D eigenvalue weighted by atomic mass is 31.2. The summed E-state index contributed by atoms with van der Waals surface area (Å²) in [5.74, 6) is 1.68. The van der Waals surface area contributed by atoms with Gasteiger partial charge in [0.25, 0.3) is 5.91 Å². The Balaban J connectivity index is 1.37. The lowest BCUT2D eigenvalue weighted by Crippen LogP contribution is -2.30. The summed E-state index contributed by atoms with van der Waals surface area (Å²) >= 11 is 0. The maximum Gasteiger partial charge on any atom is 0.254 e. The standard InChI is InChI=1S/C30H30N3O2P/c1-32-27-16-26(28-22(20-11-12-20)5-4-6-23(28)30(32)34)33-25-15-21(13-14-24(25)31-29(27)33)19-9-7-18(8-10-19)17-36(2,3)35/h4-10,13-15,20,26-27H,11-12,16-17H2,1-3H3/t26-,27-/m1/s1. The third-order valence-corrected chi connectivity index (χ3v) is 9.26. The summed E-state index contributed by atoms with van der Waals surface area (Å²) in [4.78, 5) is 20.4. The molecule has 1 amide bonds. The Morgan fingerprint density at radius 2 is 1.72 bits per heavy atom. The second-order valence-corrected chi connectivity index (χ2v) is 14.7. The molecule has 4 aromatic rings. The Labute approximate surface area is 211 Å². The number of hydrogen-bond donors (Lipinski definition) is 0. The maximum absolute atomic E-state index is 13.5. The minimum atomic E-state index is -2.10. The fourth-order valence-corrected chi connectivity index (χ4v) is 7.41. The second kappa shape index (κ2) is 7.66. The number of hydrogen-bond acceptors (Lipinski definition) is 3. The Morgan fingerprint density at radius 1 is 0.972 bits per heavy atom. The monoisotopic (exact) mass is 495 g/mol. The van der Waals surface area contributed by atoms with Gasteiger partial charge in [0, 0.05) is 25.2 Å². The van der Waals surface area contributed by atoms with Crippen LogP contribution in [0.15, 0.2) is 60.7 Å². The molecule has 1 fully saturated rings. The molecule has 0 spiro atoms. The van der Waals surface area contributed by atoms with Gasteiger partial charge in [0.15, 0.2) is 0 Å². The predicted molar refractivity (Wildman–Crippen MR) is 144 cm³/mol.